The van der Waals surface area contributed by atoms with Crippen molar-refractivity contribution in [3.05, 3.63) is 182 Å². The number of hydrogen-bond acceptors (Lipinski definition) is 3. The Morgan fingerprint density at radius 1 is 0.314 bits per heavy atom. The maximum atomic E-state index is 6.49. The molecule has 8 aromatic carbocycles. The van der Waals surface area contributed by atoms with Crippen LogP contribution in [-0.2, 0) is 0 Å². The van der Waals surface area contributed by atoms with Crippen LogP contribution in [-0.4, -0.2) is 0 Å². The van der Waals surface area contributed by atoms with Crippen LogP contribution >= 0.6 is 0 Å². The van der Waals surface area contributed by atoms with Crippen LogP contribution in [0.15, 0.2) is 191 Å². The zero-order chi connectivity index (χ0) is 33.7. The first-order valence-electron chi connectivity index (χ1n) is 17.2. The third-order valence-corrected chi connectivity index (χ3v) is 9.85. The molecule has 2 aromatic heterocycles. The van der Waals surface area contributed by atoms with Gasteiger partial charge in [-0.25, -0.2) is 0 Å². The first kappa shape index (κ1) is 29.1. The minimum Gasteiger partial charge on any atom is -0.456 e. The van der Waals surface area contributed by atoms with E-state index >= 15 is 0 Å². The van der Waals surface area contributed by atoms with Crippen molar-refractivity contribution in [1.29, 1.82) is 0 Å². The average molecular weight is 654 g/mol. The van der Waals surface area contributed by atoms with E-state index in [1.54, 1.807) is 0 Å². The molecule has 0 aliphatic carbocycles. The van der Waals surface area contributed by atoms with Crippen LogP contribution < -0.4 is 5.32 Å². The van der Waals surface area contributed by atoms with Crippen LogP contribution in [0.4, 0.5) is 11.4 Å². The van der Waals surface area contributed by atoms with Crippen molar-refractivity contribution in [2.75, 3.05) is 5.32 Å². The molecule has 0 amide bonds. The van der Waals surface area contributed by atoms with Gasteiger partial charge in [0.25, 0.3) is 0 Å². The van der Waals surface area contributed by atoms with Gasteiger partial charge in [-0.2, -0.15) is 0 Å². The molecule has 1 N–H and O–H groups in total. The molecular formula is C48H31NO2. The summed E-state index contributed by atoms with van der Waals surface area (Å²) >= 11 is 0. The number of hydrogen-bond donors (Lipinski definition) is 1. The third kappa shape index (κ3) is 5.15. The van der Waals surface area contributed by atoms with Crippen LogP contribution in [0.2, 0.25) is 0 Å². The Morgan fingerprint density at radius 2 is 0.922 bits per heavy atom. The minimum absolute atomic E-state index is 0.895. The maximum absolute atomic E-state index is 6.49. The lowest BCUT2D eigenvalue weighted by atomic mass is 9.92. The SMILES string of the molecule is c1ccc(-c2cc(-c3cccc(Nc4ccccc4-c4ccc5oc6ccccc6c5c4)c3)cc(-c3cccc4c3oc3ccccc34)c2)cc1. The fourth-order valence-corrected chi connectivity index (χ4v) is 7.39. The Morgan fingerprint density at radius 3 is 1.78 bits per heavy atom. The van der Waals surface area contributed by atoms with E-state index in [-0.39, 0.29) is 0 Å². The number of para-hydroxylation sites is 4. The van der Waals surface area contributed by atoms with Crippen LogP contribution in [0.5, 0.6) is 0 Å². The number of furan rings is 2. The van der Waals surface area contributed by atoms with Crippen molar-refractivity contribution in [2.24, 2.45) is 0 Å². The summed E-state index contributed by atoms with van der Waals surface area (Å²) in [5.41, 5.74) is 14.7. The molecule has 0 aliphatic rings. The number of rotatable bonds is 6. The van der Waals surface area contributed by atoms with Gasteiger partial charge in [0.05, 0.1) is 0 Å². The summed E-state index contributed by atoms with van der Waals surface area (Å²) in [6.07, 6.45) is 0. The van der Waals surface area contributed by atoms with E-state index in [2.05, 4.69) is 163 Å². The summed E-state index contributed by atoms with van der Waals surface area (Å²) in [6.45, 7) is 0. The van der Waals surface area contributed by atoms with E-state index in [4.69, 9.17) is 8.83 Å². The van der Waals surface area contributed by atoms with Crippen LogP contribution in [0.3, 0.4) is 0 Å². The largest absolute Gasteiger partial charge is 0.456 e. The van der Waals surface area contributed by atoms with E-state index in [0.717, 1.165) is 94.2 Å². The molecule has 0 fully saturated rings. The highest BCUT2D eigenvalue weighted by Gasteiger charge is 2.15. The second-order valence-electron chi connectivity index (χ2n) is 13.0. The van der Waals surface area contributed by atoms with Gasteiger partial charge in [-0.05, 0) is 94.0 Å². The molecule has 3 heteroatoms. The Bertz CT molecular complexity index is 2900. The summed E-state index contributed by atoms with van der Waals surface area (Å²) in [5.74, 6) is 0. The normalized spacial score (nSPS) is 11.5. The zero-order valence-corrected chi connectivity index (χ0v) is 27.6. The van der Waals surface area contributed by atoms with E-state index in [1.807, 2.05) is 24.3 Å². The Labute approximate surface area is 295 Å². The van der Waals surface area contributed by atoms with Crippen molar-refractivity contribution >= 4 is 55.3 Å². The van der Waals surface area contributed by atoms with Crippen molar-refractivity contribution in [3.8, 4) is 44.5 Å². The quantitative estimate of drug-likeness (QED) is 0.194. The fraction of sp³-hybridized carbons (Fsp3) is 0. The van der Waals surface area contributed by atoms with Gasteiger partial charge in [0.15, 0.2) is 0 Å². The van der Waals surface area contributed by atoms with Crippen molar-refractivity contribution in [3.63, 3.8) is 0 Å². The van der Waals surface area contributed by atoms with Gasteiger partial charge in [-0.1, -0.05) is 121 Å². The molecule has 10 aromatic rings. The van der Waals surface area contributed by atoms with Gasteiger partial charge in [0.1, 0.15) is 22.3 Å². The summed E-state index contributed by atoms with van der Waals surface area (Å²) in [5, 5.41) is 8.25. The molecule has 0 saturated carbocycles. The molecule has 0 atom stereocenters. The van der Waals surface area contributed by atoms with Crippen molar-refractivity contribution in [2.45, 2.75) is 0 Å². The Balaban J connectivity index is 1.06. The molecule has 0 spiro atoms. The Hall–Kier alpha value is -6.84. The van der Waals surface area contributed by atoms with E-state index < -0.39 is 0 Å². The molecule has 3 nitrogen and oxygen atoms in total. The summed E-state index contributed by atoms with van der Waals surface area (Å²) in [6, 6.07) is 64.0. The van der Waals surface area contributed by atoms with E-state index in [1.165, 1.54) is 5.56 Å². The molecular weight excluding hydrogens is 623 g/mol. The van der Waals surface area contributed by atoms with Crippen LogP contribution in [0, 0.1) is 0 Å². The highest BCUT2D eigenvalue weighted by Crippen LogP contribution is 2.40. The summed E-state index contributed by atoms with van der Waals surface area (Å²) < 4.78 is 12.6. The highest BCUT2D eigenvalue weighted by atomic mass is 16.3. The lowest BCUT2D eigenvalue weighted by Crippen LogP contribution is -1.94. The standard InChI is InChI=1S/C48H31NO2/c1-2-12-31(13-3-1)34-26-35(28-36(27-34)39-19-11-20-42-40-17-5-9-23-46(40)51-48(39)42)32-14-10-15-37(29-32)49-44-21-7-4-16-38(44)33-24-25-47-43(30-33)41-18-6-8-22-45(41)50-47/h1-30,49H. The highest BCUT2D eigenvalue weighted by molar-refractivity contribution is 6.10. The van der Waals surface area contributed by atoms with Gasteiger partial charge >= 0.3 is 0 Å². The molecule has 51 heavy (non-hydrogen) atoms. The first-order chi connectivity index (χ1) is 25.2. The molecule has 2 heterocycles. The zero-order valence-electron chi connectivity index (χ0n) is 27.6. The number of anilines is 2. The lowest BCUT2D eigenvalue weighted by molar-refractivity contribution is 0.669. The van der Waals surface area contributed by atoms with E-state index in [9.17, 15) is 0 Å². The summed E-state index contributed by atoms with van der Waals surface area (Å²) in [4.78, 5) is 0. The first-order valence-corrected chi connectivity index (χ1v) is 17.2. The van der Waals surface area contributed by atoms with Gasteiger partial charge in [0, 0.05) is 44.0 Å². The predicted octanol–water partition coefficient (Wildman–Crippen LogP) is 13.9. The van der Waals surface area contributed by atoms with Crippen molar-refractivity contribution < 1.29 is 8.83 Å². The molecule has 10 rings (SSSR count). The monoisotopic (exact) mass is 653 g/mol. The molecule has 0 bridgehead atoms. The number of nitrogens with one attached hydrogen (secondary N) is 1. The third-order valence-electron chi connectivity index (χ3n) is 9.85. The minimum atomic E-state index is 0.895. The number of benzene rings is 8. The molecule has 0 saturated heterocycles. The van der Waals surface area contributed by atoms with Crippen LogP contribution in [0.1, 0.15) is 0 Å². The van der Waals surface area contributed by atoms with Gasteiger partial charge in [0.2, 0.25) is 0 Å². The lowest BCUT2D eigenvalue weighted by Gasteiger charge is -2.15. The van der Waals surface area contributed by atoms with E-state index in [0.29, 0.717) is 0 Å². The fourth-order valence-electron chi connectivity index (χ4n) is 7.39. The van der Waals surface area contributed by atoms with Crippen molar-refractivity contribution in [1.82, 2.24) is 0 Å². The number of fused-ring (bicyclic) bond motifs is 6. The second-order valence-corrected chi connectivity index (χ2v) is 13.0. The van der Waals surface area contributed by atoms with Gasteiger partial charge in [-0.3, -0.25) is 0 Å². The Kier molecular flexibility index (Phi) is 6.81. The average Bonchev–Trinajstić information content (AvgIpc) is 3.77. The van der Waals surface area contributed by atoms with Gasteiger partial charge in [-0.15, -0.1) is 0 Å². The summed E-state index contributed by atoms with van der Waals surface area (Å²) in [7, 11) is 0. The smallest absolute Gasteiger partial charge is 0.143 e. The predicted molar refractivity (Wildman–Crippen MR) is 212 cm³/mol. The topological polar surface area (TPSA) is 38.3 Å². The molecule has 0 radical (unpaired) electrons. The maximum Gasteiger partial charge on any atom is 0.143 e. The molecule has 0 unspecified atom stereocenters. The van der Waals surface area contributed by atoms with Crippen LogP contribution in [0.25, 0.3) is 88.4 Å². The molecule has 0 aliphatic heterocycles. The van der Waals surface area contributed by atoms with Gasteiger partial charge < -0.3 is 14.2 Å². The molecule has 240 valence electrons. The second kappa shape index (κ2) is 11.9.